The zero-order chi connectivity index (χ0) is 63.9. The van der Waals surface area contributed by atoms with Gasteiger partial charge in [0.25, 0.3) is 23.9 Å². The van der Waals surface area contributed by atoms with E-state index in [1.165, 1.54) is 55.3 Å². The summed E-state index contributed by atoms with van der Waals surface area (Å²) in [4.78, 5) is 145. The molecule has 0 aromatic rings. The average molecular weight is 2110 g/mol. The maximum atomic E-state index is 11.9. The van der Waals surface area contributed by atoms with Gasteiger partial charge in [0, 0.05) is 183 Å². The van der Waals surface area contributed by atoms with Crippen LogP contribution in [0.4, 0.5) is 0 Å². The van der Waals surface area contributed by atoms with Gasteiger partial charge in [0.1, 0.15) is 59.5 Å². The minimum absolute atomic E-state index is 0. The van der Waals surface area contributed by atoms with Gasteiger partial charge in [-0.05, 0) is 0 Å². The van der Waals surface area contributed by atoms with Crippen molar-refractivity contribution in [2.45, 2.75) is 60.1 Å². The van der Waals surface area contributed by atoms with Crippen LogP contribution >= 0.6 is 73.2 Å². The molecule has 490 valence electrons. The van der Waals surface area contributed by atoms with Crippen LogP contribution in [-0.4, -0.2) is 231 Å². The zero-order valence-corrected chi connectivity index (χ0v) is 69.7. The van der Waals surface area contributed by atoms with Gasteiger partial charge in [-0.3, -0.25) is 62.3 Å². The molecule has 0 unspecified atom stereocenters. The smallest absolute Gasteiger partial charge is 0.474 e. The Morgan fingerprint density at radius 2 is 0.570 bits per heavy atom. The SMILES string of the molecule is CC(=O)O[Si](C)(OC(C)=O)OC(C)=O.CC(=O)O[Si](C)(OCCOC(=O)CCSCC(=O)OCCOC(=O)CS)OCCOC(=O)CCSCC(=O)OCCOC(=O)CS.O=C(CS)OCCOC(=O)CSCCC(=O)OCCO.S=S=S.[U].[U].[U]. The molecule has 0 saturated carbocycles. The summed E-state index contributed by atoms with van der Waals surface area (Å²) in [6.45, 7) is 6.29. The summed E-state index contributed by atoms with van der Waals surface area (Å²) in [5.41, 5.74) is 0. The summed E-state index contributed by atoms with van der Waals surface area (Å²) in [5.74, 6) is -6.13. The number of carbonyl (C=O) groups excluding carboxylic acids is 13. The van der Waals surface area contributed by atoms with Crippen molar-refractivity contribution in [3.63, 3.8) is 0 Å². The second kappa shape index (κ2) is 67.2. The van der Waals surface area contributed by atoms with Gasteiger partial charge in [-0.15, -0.1) is 35.3 Å². The fraction of sp³-hybridized carbons (Fsp3) is 0.698. The van der Waals surface area contributed by atoms with Crippen molar-refractivity contribution in [2.24, 2.45) is 0 Å². The first-order chi connectivity index (χ1) is 39.2. The van der Waals surface area contributed by atoms with E-state index in [9.17, 15) is 62.3 Å². The molecule has 0 aliphatic carbocycles. The third-order valence-electron chi connectivity index (χ3n) is 7.32. The van der Waals surface area contributed by atoms with E-state index in [4.69, 9.17) is 51.5 Å². The molecule has 0 radical (unpaired) electrons. The van der Waals surface area contributed by atoms with E-state index in [1.54, 1.807) is 0 Å². The number of thiol groups is 3. The molecule has 0 rings (SSSR count). The van der Waals surface area contributed by atoms with Crippen LogP contribution in [0.25, 0.3) is 0 Å². The summed E-state index contributed by atoms with van der Waals surface area (Å²) in [7, 11) is -6.07. The maximum absolute atomic E-state index is 11.9. The first-order valence-corrected chi connectivity index (χ1v) is 36.2. The van der Waals surface area contributed by atoms with Crippen molar-refractivity contribution in [1.82, 2.24) is 0 Å². The van der Waals surface area contributed by atoms with E-state index in [1.807, 2.05) is 0 Å². The fourth-order valence-corrected chi connectivity index (χ4v) is 10.2. The monoisotopic (exact) mass is 2110 g/mol. The molecule has 0 saturated heterocycles. The van der Waals surface area contributed by atoms with E-state index >= 15 is 0 Å². The first kappa shape index (κ1) is 98.9. The Labute approximate surface area is 613 Å². The summed E-state index contributed by atoms with van der Waals surface area (Å²) in [6.07, 6.45) is 0.212. The molecule has 0 aliphatic heterocycles. The van der Waals surface area contributed by atoms with Crippen molar-refractivity contribution in [3.8, 4) is 0 Å². The predicted molar refractivity (Wildman–Crippen MR) is 317 cm³/mol. The van der Waals surface area contributed by atoms with E-state index < -0.39 is 95.2 Å². The molecular formula is C43H70O29S9Si2U3. The normalized spacial score (nSPS) is 9.88. The van der Waals surface area contributed by atoms with E-state index in [0.29, 0.717) is 17.3 Å². The number of aliphatic hydroxyl groups is 1. The Kier molecular flexibility index (Phi) is 77.3. The number of rotatable bonds is 41. The quantitative estimate of drug-likeness (QED) is 0.0212. The minimum atomic E-state index is -3.50. The molecular weight excluding hydrogens is 2040 g/mol. The Morgan fingerprint density at radius 1 is 0.360 bits per heavy atom. The number of hydrogen-bond acceptors (Lipinski definition) is 37. The number of hydrogen-bond donors (Lipinski definition) is 4. The van der Waals surface area contributed by atoms with Gasteiger partial charge in [-0.1, -0.05) is 0 Å². The second-order valence-electron chi connectivity index (χ2n) is 14.5. The summed E-state index contributed by atoms with van der Waals surface area (Å²) in [5, 5.41) is 8.43. The standard InChI is InChI=1S/C25H40O16S4Si.C11H18O7S2.C7H12O6Si.S3.3U/c1-19(26)41-46(2,39-11-9-33-20(27)3-13-44-17-24(31)37-7-5-35-22(29)15-42)40-12-10-34-21(28)4-14-45-18-25(32)38-8-6-36-23(30)16-43;12-2-3-16-9(13)1-6-20-8-11(15)18-5-4-17-10(14)7-19;1-5(8)11-14(4,12-6(2)9)13-7(3)10;1-3-2;;;/h42-43H,3-18H2,1-2H3;12,19H,1-8H2;1-4H3;;;;. The molecule has 29 nitrogen and oxygen atoms in total. The van der Waals surface area contributed by atoms with Crippen LogP contribution in [-0.2, 0) is 163 Å². The largest absolute Gasteiger partial charge is 0.701 e. The van der Waals surface area contributed by atoms with Gasteiger partial charge in [0.05, 0.1) is 73.6 Å². The summed E-state index contributed by atoms with van der Waals surface area (Å²) < 4.78 is 73.8. The van der Waals surface area contributed by atoms with Crippen molar-refractivity contribution in [3.05, 3.63) is 0 Å². The maximum Gasteiger partial charge on any atom is 0.701 e. The second-order valence-corrected chi connectivity index (χ2v) is 25.3. The molecule has 0 aromatic heterocycles. The predicted octanol–water partition coefficient (Wildman–Crippen LogP) is 0.415. The van der Waals surface area contributed by atoms with Gasteiger partial charge in [0.2, 0.25) is 0 Å². The third-order valence-corrected chi connectivity index (χ3v) is 15.0. The van der Waals surface area contributed by atoms with Gasteiger partial charge >= 0.3 is 71.3 Å². The van der Waals surface area contributed by atoms with E-state index in [-0.39, 0.29) is 226 Å². The Bertz CT molecular complexity index is 1930. The molecule has 0 spiro atoms. The van der Waals surface area contributed by atoms with Crippen LogP contribution in [0.3, 0.4) is 0 Å². The number of aliphatic hydroxyl groups excluding tert-OH is 1. The average Bonchev–Trinajstić information content (AvgIpc) is 3.61. The zero-order valence-electron chi connectivity index (χ0n) is 47.6. The molecule has 86 heavy (non-hydrogen) atoms. The van der Waals surface area contributed by atoms with Crippen LogP contribution in [0.1, 0.15) is 47.0 Å². The first-order valence-electron chi connectivity index (χ1n) is 23.7. The molecule has 1 N–H and O–H groups in total. The van der Waals surface area contributed by atoms with Gasteiger partial charge in [-0.2, -0.15) is 37.9 Å². The van der Waals surface area contributed by atoms with Crippen molar-refractivity contribution >= 4 is 200 Å². The van der Waals surface area contributed by atoms with Crippen LogP contribution in [0.2, 0.25) is 13.1 Å². The summed E-state index contributed by atoms with van der Waals surface area (Å²) in [6, 6.07) is 0. The van der Waals surface area contributed by atoms with Crippen LogP contribution in [0.5, 0.6) is 0 Å². The molecule has 0 atom stereocenters. The fourth-order valence-electron chi connectivity index (χ4n) is 4.48. The molecule has 0 aliphatic rings. The van der Waals surface area contributed by atoms with Crippen molar-refractivity contribution in [1.29, 1.82) is 0 Å². The topological polar surface area (TPSA) is 381 Å². The van der Waals surface area contributed by atoms with E-state index in [2.05, 4.69) is 83.0 Å². The van der Waals surface area contributed by atoms with E-state index in [0.717, 1.165) is 29.7 Å². The van der Waals surface area contributed by atoms with Gasteiger partial charge in [-0.25, -0.2) is 0 Å². The molecule has 0 heterocycles. The molecule has 0 amide bonds. The molecule has 0 fully saturated rings. The Hall–Kier alpha value is -0.660. The van der Waals surface area contributed by atoms with Crippen molar-refractivity contribution in [2.75, 3.05) is 131 Å². The number of esters is 9. The Balaban J connectivity index is -0.000000256. The molecule has 43 heteroatoms. The minimum Gasteiger partial charge on any atom is -0.474 e. The van der Waals surface area contributed by atoms with Crippen LogP contribution in [0, 0.1) is 93.3 Å². The number of carbonyl (C=O) groups is 13. The molecule has 0 bridgehead atoms. The summed E-state index contributed by atoms with van der Waals surface area (Å²) >= 11 is 23.0. The molecule has 0 aromatic carbocycles. The van der Waals surface area contributed by atoms with Crippen molar-refractivity contribution < 1.29 is 230 Å². The van der Waals surface area contributed by atoms with Crippen LogP contribution in [0.15, 0.2) is 0 Å². The van der Waals surface area contributed by atoms with Gasteiger partial charge < -0.3 is 74.3 Å². The van der Waals surface area contributed by atoms with Crippen LogP contribution < -0.4 is 0 Å². The number of thioether (sulfide) groups is 3. The Morgan fingerprint density at radius 3 is 0.802 bits per heavy atom. The number of ether oxygens (including phenoxy) is 9. The van der Waals surface area contributed by atoms with Gasteiger partial charge in [0.15, 0.2) is 0 Å². The third kappa shape index (κ3) is 74.1.